The van der Waals surface area contributed by atoms with Gasteiger partial charge in [-0.05, 0) is 43.0 Å². The van der Waals surface area contributed by atoms with E-state index in [4.69, 9.17) is 4.74 Å². The van der Waals surface area contributed by atoms with Crippen LogP contribution in [0.4, 0.5) is 18.9 Å². The van der Waals surface area contributed by atoms with E-state index in [9.17, 15) is 22.8 Å². The second-order valence-corrected chi connectivity index (χ2v) is 6.85. The highest BCUT2D eigenvalue weighted by atomic mass is 19.4. The smallest absolute Gasteiger partial charge is 0.384 e. The Hall–Kier alpha value is -2.88. The van der Waals surface area contributed by atoms with Gasteiger partial charge in [0, 0.05) is 32.6 Å². The van der Waals surface area contributed by atoms with Gasteiger partial charge in [0.05, 0.1) is 23.5 Å². The number of nitrogens with zero attached hydrogens (tertiary/aromatic N) is 3. The molecule has 1 fully saturated rings. The molecule has 1 N–H and O–H groups in total. The van der Waals surface area contributed by atoms with Gasteiger partial charge in [-0.3, -0.25) is 9.59 Å². The third-order valence-corrected chi connectivity index (χ3v) is 4.73. The molecule has 3 rings (SSSR count). The topological polar surface area (TPSA) is 76.5 Å². The van der Waals surface area contributed by atoms with Gasteiger partial charge in [0.1, 0.15) is 0 Å². The average Bonchev–Trinajstić information content (AvgIpc) is 3.22. The second kappa shape index (κ2) is 8.64. The number of piperidine rings is 1. The molecule has 1 aromatic carbocycles. The second-order valence-electron chi connectivity index (χ2n) is 6.85. The summed E-state index contributed by atoms with van der Waals surface area (Å²) in [6.07, 6.45) is -0.198. The van der Waals surface area contributed by atoms with Crippen LogP contribution in [0.5, 0.6) is 0 Å². The monoisotopic (exact) mass is 410 g/mol. The maximum Gasteiger partial charge on any atom is 0.418 e. The molecule has 0 radical (unpaired) electrons. The average molecular weight is 410 g/mol. The lowest BCUT2D eigenvalue weighted by molar-refractivity contribution is -0.145. The van der Waals surface area contributed by atoms with Crippen molar-refractivity contribution in [2.24, 2.45) is 5.92 Å². The lowest BCUT2D eigenvalue weighted by atomic mass is 9.99. The molecule has 0 bridgehead atoms. The number of ether oxygens (including phenoxy) is 1. The van der Waals surface area contributed by atoms with Crippen LogP contribution in [0.3, 0.4) is 0 Å². The molecular weight excluding hydrogens is 389 g/mol. The van der Waals surface area contributed by atoms with Crippen molar-refractivity contribution in [2.45, 2.75) is 19.0 Å². The predicted octanol–water partition coefficient (Wildman–Crippen LogP) is 2.71. The molecule has 2 amide bonds. The number of amides is 2. The maximum atomic E-state index is 13.5. The minimum atomic E-state index is -4.72. The van der Waals surface area contributed by atoms with Crippen molar-refractivity contribution in [3.05, 3.63) is 42.2 Å². The number of aromatic nitrogens is 2. The standard InChI is InChI=1S/C19H21F3N4O3/c1-29-12-13-4-2-8-25(11-13)18(28)17(27)24-16-6-5-14(26-9-3-7-23-26)10-15(16)19(20,21)22/h3,5-7,9-10,13H,2,4,8,11-12H2,1H3,(H,24,27). The van der Waals surface area contributed by atoms with E-state index in [1.807, 2.05) is 0 Å². The van der Waals surface area contributed by atoms with Gasteiger partial charge in [-0.1, -0.05) is 0 Å². The molecule has 7 nitrogen and oxygen atoms in total. The first-order chi connectivity index (χ1) is 13.8. The van der Waals surface area contributed by atoms with Gasteiger partial charge in [-0.2, -0.15) is 18.3 Å². The van der Waals surface area contributed by atoms with Gasteiger partial charge in [0.2, 0.25) is 0 Å². The van der Waals surface area contributed by atoms with Crippen molar-refractivity contribution in [1.29, 1.82) is 0 Å². The van der Waals surface area contributed by atoms with Crippen LogP contribution in [-0.2, 0) is 20.5 Å². The van der Waals surface area contributed by atoms with E-state index < -0.39 is 29.2 Å². The number of hydrogen-bond donors (Lipinski definition) is 1. The molecule has 1 saturated heterocycles. The number of alkyl halides is 3. The number of benzene rings is 1. The predicted molar refractivity (Wildman–Crippen MR) is 98.4 cm³/mol. The number of carbonyl (C=O) groups excluding carboxylic acids is 2. The zero-order chi connectivity index (χ0) is 21.0. The Morgan fingerprint density at radius 2 is 2.14 bits per heavy atom. The van der Waals surface area contributed by atoms with Crippen molar-refractivity contribution in [3.8, 4) is 5.69 Å². The van der Waals surface area contributed by atoms with Crippen molar-refractivity contribution < 1.29 is 27.5 Å². The van der Waals surface area contributed by atoms with Gasteiger partial charge >= 0.3 is 18.0 Å². The Balaban J connectivity index is 1.78. The van der Waals surface area contributed by atoms with Crippen molar-refractivity contribution in [2.75, 3.05) is 32.1 Å². The summed E-state index contributed by atoms with van der Waals surface area (Å²) in [5.41, 5.74) is -1.34. The van der Waals surface area contributed by atoms with Crippen molar-refractivity contribution >= 4 is 17.5 Å². The van der Waals surface area contributed by atoms with Crippen LogP contribution in [0, 0.1) is 5.92 Å². The SMILES string of the molecule is COCC1CCCN(C(=O)C(=O)Nc2ccc(-n3cccn3)cc2C(F)(F)F)C1. The van der Waals surface area contributed by atoms with Gasteiger partial charge in [0.25, 0.3) is 0 Å². The summed E-state index contributed by atoms with van der Waals surface area (Å²) in [6, 6.07) is 4.96. The third kappa shape index (κ3) is 4.94. The van der Waals surface area contributed by atoms with Crippen LogP contribution in [-0.4, -0.2) is 53.3 Å². The number of likely N-dealkylation sites (tertiary alicyclic amines) is 1. The van der Waals surface area contributed by atoms with Crippen LogP contribution >= 0.6 is 0 Å². The van der Waals surface area contributed by atoms with Gasteiger partial charge in [-0.15, -0.1) is 0 Å². The summed E-state index contributed by atoms with van der Waals surface area (Å²) in [6.45, 7) is 1.18. The Labute approximate surface area is 165 Å². The van der Waals surface area contributed by atoms with Crippen molar-refractivity contribution in [3.63, 3.8) is 0 Å². The van der Waals surface area contributed by atoms with E-state index in [-0.39, 0.29) is 11.6 Å². The van der Waals surface area contributed by atoms with E-state index in [1.54, 1.807) is 13.2 Å². The van der Waals surface area contributed by atoms with E-state index in [0.29, 0.717) is 26.1 Å². The zero-order valence-electron chi connectivity index (χ0n) is 15.8. The number of methoxy groups -OCH3 is 1. The van der Waals surface area contributed by atoms with E-state index in [0.717, 1.165) is 18.6 Å². The summed E-state index contributed by atoms with van der Waals surface area (Å²) in [4.78, 5) is 26.2. The van der Waals surface area contributed by atoms with Crippen LogP contribution < -0.4 is 5.32 Å². The Bertz CT molecular complexity index is 866. The van der Waals surface area contributed by atoms with E-state index >= 15 is 0 Å². The first-order valence-electron chi connectivity index (χ1n) is 9.10. The van der Waals surface area contributed by atoms with Crippen LogP contribution in [0.15, 0.2) is 36.7 Å². The maximum absolute atomic E-state index is 13.5. The Morgan fingerprint density at radius 3 is 2.79 bits per heavy atom. The zero-order valence-corrected chi connectivity index (χ0v) is 15.8. The molecule has 1 aromatic heterocycles. The minimum absolute atomic E-state index is 0.101. The molecule has 1 atom stereocenters. The molecule has 1 aliphatic rings. The van der Waals surface area contributed by atoms with Crippen LogP contribution in [0.1, 0.15) is 18.4 Å². The molecule has 1 unspecified atom stereocenters. The summed E-state index contributed by atoms with van der Waals surface area (Å²) < 4.78 is 46.9. The number of halogens is 3. The van der Waals surface area contributed by atoms with Gasteiger partial charge in [0.15, 0.2) is 0 Å². The molecule has 156 valence electrons. The molecule has 29 heavy (non-hydrogen) atoms. The first kappa shape index (κ1) is 20.8. The fraction of sp³-hybridized carbons (Fsp3) is 0.421. The quantitative estimate of drug-likeness (QED) is 0.787. The summed E-state index contributed by atoms with van der Waals surface area (Å²) in [7, 11) is 1.55. The molecule has 0 aliphatic carbocycles. The number of rotatable bonds is 4. The summed E-state index contributed by atoms with van der Waals surface area (Å²) >= 11 is 0. The number of anilines is 1. The number of hydrogen-bond acceptors (Lipinski definition) is 4. The Morgan fingerprint density at radius 1 is 1.34 bits per heavy atom. The summed E-state index contributed by atoms with van der Waals surface area (Å²) in [5, 5.41) is 6.03. The van der Waals surface area contributed by atoms with Gasteiger partial charge < -0.3 is 15.0 Å². The fourth-order valence-electron chi connectivity index (χ4n) is 3.38. The third-order valence-electron chi connectivity index (χ3n) is 4.73. The molecule has 2 heterocycles. The molecule has 10 heteroatoms. The number of carbonyl (C=O) groups is 2. The van der Waals surface area contributed by atoms with Gasteiger partial charge in [-0.25, -0.2) is 4.68 Å². The lowest BCUT2D eigenvalue weighted by Crippen LogP contribution is -2.46. The highest BCUT2D eigenvalue weighted by Crippen LogP contribution is 2.36. The molecule has 0 spiro atoms. The molecular formula is C19H21F3N4O3. The lowest BCUT2D eigenvalue weighted by Gasteiger charge is -2.32. The minimum Gasteiger partial charge on any atom is -0.384 e. The molecule has 1 aliphatic heterocycles. The molecule has 0 saturated carbocycles. The number of nitrogens with one attached hydrogen (secondary N) is 1. The molecule has 2 aromatic rings. The fourth-order valence-corrected chi connectivity index (χ4v) is 3.38. The highest BCUT2D eigenvalue weighted by molar-refractivity contribution is 6.39. The largest absolute Gasteiger partial charge is 0.418 e. The van der Waals surface area contributed by atoms with E-state index in [2.05, 4.69) is 10.4 Å². The van der Waals surface area contributed by atoms with Crippen LogP contribution in [0.2, 0.25) is 0 Å². The van der Waals surface area contributed by atoms with Crippen molar-refractivity contribution in [1.82, 2.24) is 14.7 Å². The summed E-state index contributed by atoms with van der Waals surface area (Å²) in [5.74, 6) is -1.85. The normalized spacial score (nSPS) is 17.2. The highest BCUT2D eigenvalue weighted by Gasteiger charge is 2.36. The van der Waals surface area contributed by atoms with E-state index in [1.165, 1.54) is 28.0 Å². The first-order valence-corrected chi connectivity index (χ1v) is 9.10. The Kier molecular flexibility index (Phi) is 6.21. The van der Waals surface area contributed by atoms with Crippen LogP contribution in [0.25, 0.3) is 5.69 Å².